The molecule has 0 aromatic heterocycles. The van der Waals surface area contributed by atoms with Crippen molar-refractivity contribution in [2.75, 3.05) is 11.8 Å². The van der Waals surface area contributed by atoms with Gasteiger partial charge in [-0.05, 0) is 24.3 Å². The highest BCUT2D eigenvalue weighted by molar-refractivity contribution is 7.92. The second-order valence-electron chi connectivity index (χ2n) is 4.14. The summed E-state index contributed by atoms with van der Waals surface area (Å²) in [5, 5.41) is 9.35. The molecule has 0 fully saturated rings. The van der Waals surface area contributed by atoms with Gasteiger partial charge in [0.1, 0.15) is 10.6 Å². The molecule has 21 heavy (non-hydrogen) atoms. The Morgan fingerprint density at radius 1 is 1.14 bits per heavy atom. The number of carbonyl (C=O) groups is 1. The smallest absolute Gasteiger partial charge is 0.339 e. The number of aromatic hydroxyl groups is 1. The number of carbonyl (C=O) groups excluding carboxylic acids is 1. The molecule has 0 aliphatic heterocycles. The first-order chi connectivity index (χ1) is 9.94. The highest BCUT2D eigenvalue weighted by Crippen LogP contribution is 2.22. The van der Waals surface area contributed by atoms with E-state index in [1.165, 1.54) is 49.6 Å². The molecule has 110 valence electrons. The quantitative estimate of drug-likeness (QED) is 0.843. The van der Waals surface area contributed by atoms with E-state index in [9.17, 15) is 18.3 Å². The van der Waals surface area contributed by atoms with Crippen LogP contribution < -0.4 is 4.72 Å². The van der Waals surface area contributed by atoms with Crippen molar-refractivity contribution >= 4 is 21.7 Å². The number of phenolic OH excluding ortho intramolecular Hbond substituents is 1. The largest absolute Gasteiger partial charge is 0.508 e. The third kappa shape index (κ3) is 3.32. The second-order valence-corrected chi connectivity index (χ2v) is 5.79. The maximum Gasteiger partial charge on any atom is 0.339 e. The van der Waals surface area contributed by atoms with Crippen LogP contribution in [0.1, 0.15) is 10.4 Å². The minimum atomic E-state index is -3.98. The minimum absolute atomic E-state index is 0.0624. The van der Waals surface area contributed by atoms with Crippen molar-refractivity contribution < 1.29 is 23.1 Å². The van der Waals surface area contributed by atoms with Gasteiger partial charge in [0, 0.05) is 6.07 Å². The lowest BCUT2D eigenvalue weighted by atomic mass is 10.2. The lowest BCUT2D eigenvalue weighted by Crippen LogP contribution is -2.17. The zero-order chi connectivity index (χ0) is 15.5. The average Bonchev–Trinajstić information content (AvgIpc) is 2.46. The van der Waals surface area contributed by atoms with Crippen molar-refractivity contribution in [1.82, 2.24) is 0 Å². The third-order valence-corrected chi connectivity index (χ3v) is 4.12. The van der Waals surface area contributed by atoms with E-state index in [2.05, 4.69) is 9.46 Å². The molecule has 2 N–H and O–H groups in total. The Hall–Kier alpha value is -2.54. The predicted molar refractivity (Wildman–Crippen MR) is 76.7 cm³/mol. The SMILES string of the molecule is COC(=O)c1ccccc1S(=O)(=O)Nc1cccc(O)c1. The monoisotopic (exact) mass is 307 g/mol. The van der Waals surface area contributed by atoms with E-state index in [0.717, 1.165) is 0 Å². The number of methoxy groups -OCH3 is 1. The number of phenols is 1. The molecule has 2 aromatic rings. The zero-order valence-electron chi connectivity index (χ0n) is 11.1. The van der Waals surface area contributed by atoms with Gasteiger partial charge in [-0.15, -0.1) is 0 Å². The highest BCUT2D eigenvalue weighted by atomic mass is 32.2. The van der Waals surface area contributed by atoms with Crippen LogP contribution in [0.25, 0.3) is 0 Å². The average molecular weight is 307 g/mol. The van der Waals surface area contributed by atoms with Gasteiger partial charge >= 0.3 is 5.97 Å². The molecule has 0 saturated heterocycles. The Morgan fingerprint density at radius 2 is 1.86 bits per heavy atom. The molecular weight excluding hydrogens is 294 g/mol. The van der Waals surface area contributed by atoms with Gasteiger partial charge in [0.25, 0.3) is 10.0 Å². The van der Waals surface area contributed by atoms with Crippen LogP contribution in [0.2, 0.25) is 0 Å². The maximum absolute atomic E-state index is 12.4. The molecule has 0 radical (unpaired) electrons. The van der Waals surface area contributed by atoms with Crippen LogP contribution in [-0.2, 0) is 14.8 Å². The van der Waals surface area contributed by atoms with Crippen molar-refractivity contribution in [2.45, 2.75) is 4.90 Å². The Balaban J connectivity index is 2.43. The molecule has 0 aliphatic carbocycles. The summed E-state index contributed by atoms with van der Waals surface area (Å²) in [6.45, 7) is 0. The van der Waals surface area contributed by atoms with Crippen LogP contribution in [0.3, 0.4) is 0 Å². The van der Waals surface area contributed by atoms with Gasteiger partial charge in [0.15, 0.2) is 0 Å². The molecule has 2 rings (SSSR count). The normalized spacial score (nSPS) is 10.9. The summed E-state index contributed by atoms with van der Waals surface area (Å²) < 4.78 is 31.6. The second kappa shape index (κ2) is 5.84. The summed E-state index contributed by atoms with van der Waals surface area (Å²) in [5.74, 6) is -0.816. The number of sulfonamides is 1. The van der Waals surface area contributed by atoms with Crippen molar-refractivity contribution in [3.05, 3.63) is 54.1 Å². The number of anilines is 1. The number of ether oxygens (including phenoxy) is 1. The lowest BCUT2D eigenvalue weighted by molar-refractivity contribution is 0.0596. The number of benzene rings is 2. The van der Waals surface area contributed by atoms with Crippen LogP contribution in [0.5, 0.6) is 5.75 Å². The Kier molecular flexibility index (Phi) is 4.13. The van der Waals surface area contributed by atoms with Crippen LogP contribution in [0, 0.1) is 0 Å². The first-order valence-electron chi connectivity index (χ1n) is 5.93. The summed E-state index contributed by atoms with van der Waals surface area (Å²) in [6, 6.07) is 11.4. The van der Waals surface area contributed by atoms with Gasteiger partial charge in [-0.2, -0.15) is 0 Å². The van der Waals surface area contributed by atoms with E-state index in [1.54, 1.807) is 6.07 Å². The van der Waals surface area contributed by atoms with Gasteiger partial charge in [-0.3, -0.25) is 4.72 Å². The summed E-state index contributed by atoms with van der Waals surface area (Å²) >= 11 is 0. The van der Waals surface area contributed by atoms with Gasteiger partial charge in [0.2, 0.25) is 0 Å². The number of hydrogen-bond acceptors (Lipinski definition) is 5. The summed E-state index contributed by atoms with van der Waals surface area (Å²) in [7, 11) is -2.80. The molecule has 7 heteroatoms. The fourth-order valence-electron chi connectivity index (χ4n) is 1.76. The fourth-order valence-corrected chi connectivity index (χ4v) is 3.00. The van der Waals surface area contributed by atoms with E-state index < -0.39 is 16.0 Å². The standard InChI is InChI=1S/C14H13NO5S/c1-20-14(17)12-7-2-3-8-13(12)21(18,19)15-10-5-4-6-11(16)9-10/h2-9,15-16H,1H3. The molecule has 0 heterocycles. The fraction of sp³-hybridized carbons (Fsp3) is 0.0714. The van der Waals surface area contributed by atoms with E-state index in [0.29, 0.717) is 0 Å². The molecule has 0 amide bonds. The van der Waals surface area contributed by atoms with Crippen molar-refractivity contribution in [2.24, 2.45) is 0 Å². The molecule has 6 nitrogen and oxygen atoms in total. The van der Waals surface area contributed by atoms with Crippen molar-refractivity contribution in [3.63, 3.8) is 0 Å². The van der Waals surface area contributed by atoms with Gasteiger partial charge in [-0.25, -0.2) is 13.2 Å². The molecule has 2 aromatic carbocycles. The van der Waals surface area contributed by atoms with Gasteiger partial charge in [-0.1, -0.05) is 18.2 Å². The summed E-state index contributed by atoms with van der Waals surface area (Å²) in [5.41, 5.74) is 0.127. The third-order valence-electron chi connectivity index (χ3n) is 2.68. The van der Waals surface area contributed by atoms with Gasteiger partial charge in [0.05, 0.1) is 18.4 Å². The Morgan fingerprint density at radius 3 is 2.52 bits per heavy atom. The van der Waals surface area contributed by atoms with E-state index in [1.807, 2.05) is 0 Å². The molecule has 0 atom stereocenters. The van der Waals surface area contributed by atoms with Crippen LogP contribution in [0.15, 0.2) is 53.4 Å². The minimum Gasteiger partial charge on any atom is -0.508 e. The zero-order valence-corrected chi connectivity index (χ0v) is 11.9. The predicted octanol–water partition coefficient (Wildman–Crippen LogP) is 1.98. The van der Waals surface area contributed by atoms with Crippen molar-refractivity contribution in [3.8, 4) is 5.75 Å². The lowest BCUT2D eigenvalue weighted by Gasteiger charge is -2.11. The van der Waals surface area contributed by atoms with Crippen LogP contribution in [-0.4, -0.2) is 26.6 Å². The number of nitrogens with one attached hydrogen (secondary N) is 1. The van der Waals surface area contributed by atoms with Crippen LogP contribution in [0.4, 0.5) is 5.69 Å². The van der Waals surface area contributed by atoms with E-state index >= 15 is 0 Å². The summed E-state index contributed by atoms with van der Waals surface area (Å²) in [6.07, 6.45) is 0. The molecule has 0 spiro atoms. The molecular formula is C14H13NO5S. The molecule has 0 saturated carbocycles. The molecule has 0 bridgehead atoms. The highest BCUT2D eigenvalue weighted by Gasteiger charge is 2.22. The number of hydrogen-bond donors (Lipinski definition) is 2. The van der Waals surface area contributed by atoms with Gasteiger partial charge < -0.3 is 9.84 Å². The topological polar surface area (TPSA) is 92.7 Å². The van der Waals surface area contributed by atoms with E-state index in [-0.39, 0.29) is 21.9 Å². The van der Waals surface area contributed by atoms with Crippen molar-refractivity contribution in [1.29, 1.82) is 0 Å². The van der Waals surface area contributed by atoms with E-state index in [4.69, 9.17) is 0 Å². The van der Waals surface area contributed by atoms with Crippen LogP contribution >= 0.6 is 0 Å². The Bertz CT molecular complexity index is 770. The first kappa shape index (κ1) is 14.9. The maximum atomic E-state index is 12.4. The first-order valence-corrected chi connectivity index (χ1v) is 7.41. The Labute approximate surface area is 122 Å². The molecule has 0 unspecified atom stereocenters. The number of esters is 1. The molecule has 0 aliphatic rings. The summed E-state index contributed by atoms with van der Waals surface area (Å²) in [4.78, 5) is 11.4. The number of rotatable bonds is 4.